The third-order valence-corrected chi connectivity index (χ3v) is 5.95. The lowest BCUT2D eigenvalue weighted by Gasteiger charge is -2.04. The lowest BCUT2D eigenvalue weighted by atomic mass is 10.0. The van der Waals surface area contributed by atoms with Gasteiger partial charge in [-0.2, -0.15) is 5.10 Å². The number of rotatable bonds is 5. The van der Waals surface area contributed by atoms with Crippen molar-refractivity contribution in [2.45, 2.75) is 19.8 Å². The van der Waals surface area contributed by atoms with Crippen LogP contribution in [0.15, 0.2) is 81.6 Å². The van der Waals surface area contributed by atoms with Gasteiger partial charge in [-0.1, -0.05) is 38.1 Å². The van der Waals surface area contributed by atoms with Crippen molar-refractivity contribution in [1.29, 1.82) is 0 Å². The molecule has 0 aliphatic rings. The summed E-state index contributed by atoms with van der Waals surface area (Å²) < 4.78 is 1.89. The Bertz CT molecular complexity index is 1120. The quantitative estimate of drug-likeness (QED) is 0.381. The van der Waals surface area contributed by atoms with Crippen molar-refractivity contribution in [3.05, 3.63) is 87.6 Å². The van der Waals surface area contributed by atoms with E-state index in [9.17, 15) is 0 Å². The first kappa shape index (κ1) is 18.5. The van der Waals surface area contributed by atoms with E-state index in [1.807, 2.05) is 28.9 Å². The zero-order valence-corrected chi connectivity index (χ0v) is 17.3. The number of benzene rings is 1. The number of aromatic nitrogens is 2. The highest BCUT2D eigenvalue weighted by Crippen LogP contribution is 2.25. The minimum Gasteiger partial charge on any atom is -0.255 e. The van der Waals surface area contributed by atoms with Crippen molar-refractivity contribution in [1.82, 2.24) is 9.66 Å². The van der Waals surface area contributed by atoms with Gasteiger partial charge in [-0.15, -0.1) is 22.7 Å². The van der Waals surface area contributed by atoms with Gasteiger partial charge < -0.3 is 0 Å². The number of thiazole rings is 1. The van der Waals surface area contributed by atoms with Gasteiger partial charge in [0.2, 0.25) is 4.80 Å². The third kappa shape index (κ3) is 4.18. The summed E-state index contributed by atoms with van der Waals surface area (Å²) in [4.78, 5) is 11.1. The van der Waals surface area contributed by atoms with Crippen LogP contribution in [-0.4, -0.2) is 15.9 Å². The van der Waals surface area contributed by atoms with Crippen LogP contribution in [0.1, 0.15) is 31.0 Å². The zero-order valence-electron chi connectivity index (χ0n) is 15.7. The zero-order chi connectivity index (χ0) is 19.3. The topological polar surface area (TPSA) is 42.5 Å². The fourth-order valence-electron chi connectivity index (χ4n) is 2.70. The summed E-state index contributed by atoms with van der Waals surface area (Å²) in [5.74, 6) is 0.508. The molecular weight excluding hydrogens is 384 g/mol. The molecule has 4 nitrogen and oxygen atoms in total. The number of nitrogens with zero attached hydrogens (tertiary/aromatic N) is 4. The van der Waals surface area contributed by atoms with E-state index in [0.717, 1.165) is 26.8 Å². The van der Waals surface area contributed by atoms with Gasteiger partial charge in [0, 0.05) is 11.6 Å². The van der Waals surface area contributed by atoms with E-state index >= 15 is 0 Å². The molecule has 1 aromatic carbocycles. The molecule has 0 N–H and O–H groups in total. The molecule has 0 unspecified atom stereocenters. The van der Waals surface area contributed by atoms with Crippen LogP contribution in [0.2, 0.25) is 0 Å². The van der Waals surface area contributed by atoms with E-state index < -0.39 is 0 Å². The number of pyridine rings is 1. The average molecular weight is 405 g/mol. The highest BCUT2D eigenvalue weighted by atomic mass is 32.1. The normalized spacial score (nSPS) is 12.3. The summed E-state index contributed by atoms with van der Waals surface area (Å²) in [7, 11) is 0. The first-order valence-electron chi connectivity index (χ1n) is 9.05. The molecule has 0 spiro atoms. The van der Waals surface area contributed by atoms with Crippen molar-refractivity contribution in [3.63, 3.8) is 0 Å². The van der Waals surface area contributed by atoms with Crippen LogP contribution >= 0.6 is 22.7 Å². The van der Waals surface area contributed by atoms with Crippen molar-refractivity contribution in [2.24, 2.45) is 10.1 Å². The van der Waals surface area contributed by atoms with Crippen LogP contribution in [-0.2, 0) is 0 Å². The van der Waals surface area contributed by atoms with Crippen LogP contribution in [0.5, 0.6) is 0 Å². The van der Waals surface area contributed by atoms with E-state index in [2.05, 4.69) is 65.0 Å². The lowest BCUT2D eigenvalue weighted by Crippen LogP contribution is -2.11. The Morgan fingerprint density at radius 3 is 2.54 bits per heavy atom. The molecule has 4 aromatic rings. The highest BCUT2D eigenvalue weighted by molar-refractivity contribution is 7.14. The van der Waals surface area contributed by atoms with E-state index in [1.165, 1.54) is 5.56 Å². The molecule has 0 saturated carbocycles. The summed E-state index contributed by atoms with van der Waals surface area (Å²) in [6.07, 6.45) is 3.53. The third-order valence-electron chi connectivity index (χ3n) is 4.24. The molecule has 3 heterocycles. The van der Waals surface area contributed by atoms with Crippen molar-refractivity contribution >= 4 is 34.6 Å². The first-order chi connectivity index (χ1) is 13.7. The van der Waals surface area contributed by atoms with Crippen LogP contribution in [0, 0.1) is 0 Å². The fraction of sp³-hybridized carbons (Fsp3) is 0.136. The second kappa shape index (κ2) is 8.46. The maximum Gasteiger partial charge on any atom is 0.211 e. The van der Waals surface area contributed by atoms with Crippen LogP contribution in [0.3, 0.4) is 0 Å². The molecule has 0 atom stereocenters. The second-order valence-electron chi connectivity index (χ2n) is 6.55. The summed E-state index contributed by atoms with van der Waals surface area (Å²) in [6, 6.07) is 18.3. The predicted octanol–water partition coefficient (Wildman–Crippen LogP) is 5.91. The van der Waals surface area contributed by atoms with Crippen LogP contribution in [0.4, 0.5) is 5.69 Å². The Morgan fingerprint density at radius 1 is 1.00 bits per heavy atom. The summed E-state index contributed by atoms with van der Waals surface area (Å²) >= 11 is 3.27. The van der Waals surface area contributed by atoms with Gasteiger partial charge in [-0.05, 0) is 47.2 Å². The van der Waals surface area contributed by atoms with Crippen molar-refractivity contribution in [2.75, 3.05) is 0 Å². The molecule has 4 rings (SSSR count). The van der Waals surface area contributed by atoms with E-state index in [4.69, 9.17) is 4.99 Å². The molecule has 6 heteroatoms. The van der Waals surface area contributed by atoms with Gasteiger partial charge in [-0.3, -0.25) is 4.98 Å². The van der Waals surface area contributed by atoms with E-state index in [-0.39, 0.29) is 0 Å². The molecule has 0 fully saturated rings. The minimum absolute atomic E-state index is 0.508. The van der Waals surface area contributed by atoms with Crippen molar-refractivity contribution in [3.8, 4) is 10.6 Å². The van der Waals surface area contributed by atoms with E-state index in [1.54, 1.807) is 35.1 Å². The molecule has 0 radical (unpaired) electrons. The number of hydrogen-bond acceptors (Lipinski definition) is 5. The van der Waals surface area contributed by atoms with Gasteiger partial charge in [0.15, 0.2) is 0 Å². The Balaban J connectivity index is 1.77. The molecule has 0 bridgehead atoms. The predicted molar refractivity (Wildman–Crippen MR) is 119 cm³/mol. The molecule has 140 valence electrons. The lowest BCUT2D eigenvalue weighted by molar-refractivity contribution is 0.854. The Hall–Kier alpha value is -2.83. The van der Waals surface area contributed by atoms with Gasteiger partial charge in [0.05, 0.1) is 28.2 Å². The maximum absolute atomic E-state index is 4.84. The molecule has 0 amide bonds. The summed E-state index contributed by atoms with van der Waals surface area (Å²) in [5, 5.41) is 8.86. The molecule has 0 saturated heterocycles. The SMILES string of the molecule is CC(C)c1ccc(N=c2scc(-c3cccs3)n2N=Cc2ccccn2)cc1. The molecule has 0 aliphatic heterocycles. The van der Waals surface area contributed by atoms with Gasteiger partial charge in [-0.25, -0.2) is 9.67 Å². The number of hydrogen-bond donors (Lipinski definition) is 0. The Morgan fingerprint density at radius 2 is 1.86 bits per heavy atom. The molecular formula is C22H20N4S2. The fourth-order valence-corrected chi connectivity index (χ4v) is 4.35. The minimum atomic E-state index is 0.508. The van der Waals surface area contributed by atoms with Gasteiger partial charge in [0.25, 0.3) is 0 Å². The standard InChI is InChI=1S/C22H20N4S2/c1-16(2)17-8-10-18(11-9-17)25-22-26(24-14-19-6-3-4-12-23-19)20(15-28-22)21-7-5-13-27-21/h3-16H,1-2H3. The Kier molecular flexibility index (Phi) is 5.60. The van der Waals surface area contributed by atoms with Gasteiger partial charge >= 0.3 is 0 Å². The van der Waals surface area contributed by atoms with Gasteiger partial charge in [0.1, 0.15) is 0 Å². The monoisotopic (exact) mass is 404 g/mol. The molecule has 28 heavy (non-hydrogen) atoms. The van der Waals surface area contributed by atoms with Crippen molar-refractivity contribution < 1.29 is 0 Å². The van der Waals surface area contributed by atoms with Crippen LogP contribution < -0.4 is 4.80 Å². The highest BCUT2D eigenvalue weighted by Gasteiger charge is 2.08. The first-order valence-corrected chi connectivity index (χ1v) is 10.8. The number of thiophene rings is 1. The average Bonchev–Trinajstić information content (AvgIpc) is 3.37. The Labute approximate surface area is 172 Å². The molecule has 3 aromatic heterocycles. The largest absolute Gasteiger partial charge is 0.255 e. The summed E-state index contributed by atoms with van der Waals surface area (Å²) in [5.41, 5.74) is 4.08. The maximum atomic E-state index is 4.84. The second-order valence-corrected chi connectivity index (χ2v) is 8.33. The van der Waals surface area contributed by atoms with E-state index in [0.29, 0.717) is 5.92 Å². The smallest absolute Gasteiger partial charge is 0.211 e. The van der Waals surface area contributed by atoms with Crippen LogP contribution in [0.25, 0.3) is 10.6 Å². The molecule has 0 aliphatic carbocycles. The summed E-state index contributed by atoms with van der Waals surface area (Å²) in [6.45, 7) is 4.39.